The molecule has 2 atom stereocenters. The van der Waals surface area contributed by atoms with Crippen molar-refractivity contribution in [2.24, 2.45) is 0 Å². The molecule has 0 aliphatic carbocycles. The van der Waals surface area contributed by atoms with E-state index in [1.165, 1.54) is 0 Å². The van der Waals surface area contributed by atoms with E-state index in [9.17, 15) is 4.79 Å². The Labute approximate surface area is 154 Å². The molecular formula is C20H27N3O3. The van der Waals surface area contributed by atoms with Crippen LogP contribution in [0.2, 0.25) is 0 Å². The van der Waals surface area contributed by atoms with E-state index in [-0.39, 0.29) is 24.7 Å². The number of rotatable bonds is 5. The predicted molar refractivity (Wildman–Crippen MR) is 99.3 cm³/mol. The van der Waals surface area contributed by atoms with Crippen LogP contribution in [0, 0.1) is 27.7 Å². The molecule has 6 heteroatoms. The van der Waals surface area contributed by atoms with Gasteiger partial charge in [-0.3, -0.25) is 4.79 Å². The molecule has 1 N–H and O–H groups in total. The summed E-state index contributed by atoms with van der Waals surface area (Å²) in [5.41, 5.74) is 4.12. The SMILES string of the molecule is CO[C@@H]1C[C@@H](c2nc(C)c(C)[nH]2)N(C(=O)COc2cc(C)ccc2C)C1. The Kier molecular flexibility index (Phi) is 5.32. The van der Waals surface area contributed by atoms with Crippen LogP contribution in [0.1, 0.15) is 40.8 Å². The second-order valence-electron chi connectivity index (χ2n) is 7.05. The summed E-state index contributed by atoms with van der Waals surface area (Å²) >= 11 is 0. The number of hydrogen-bond donors (Lipinski definition) is 1. The van der Waals surface area contributed by atoms with E-state index >= 15 is 0 Å². The predicted octanol–water partition coefficient (Wildman–Crippen LogP) is 3.01. The van der Waals surface area contributed by atoms with Crippen LogP contribution in [-0.4, -0.2) is 47.1 Å². The van der Waals surface area contributed by atoms with Crippen LogP contribution in [0.4, 0.5) is 0 Å². The van der Waals surface area contributed by atoms with Crippen molar-refractivity contribution >= 4 is 5.91 Å². The molecule has 0 bridgehead atoms. The first kappa shape index (κ1) is 18.5. The van der Waals surface area contributed by atoms with Crippen molar-refractivity contribution < 1.29 is 14.3 Å². The third-order valence-electron chi connectivity index (χ3n) is 5.07. The van der Waals surface area contributed by atoms with E-state index in [4.69, 9.17) is 9.47 Å². The summed E-state index contributed by atoms with van der Waals surface area (Å²) in [6, 6.07) is 5.89. The molecule has 6 nitrogen and oxygen atoms in total. The molecule has 140 valence electrons. The third kappa shape index (κ3) is 3.75. The number of aryl methyl sites for hydroxylation is 4. The average molecular weight is 357 g/mol. The Bertz CT molecular complexity index is 780. The molecule has 26 heavy (non-hydrogen) atoms. The highest BCUT2D eigenvalue weighted by Crippen LogP contribution is 2.32. The Hall–Kier alpha value is -2.34. The Morgan fingerprint density at radius 2 is 2.08 bits per heavy atom. The quantitative estimate of drug-likeness (QED) is 0.893. The fourth-order valence-electron chi connectivity index (χ4n) is 3.32. The molecule has 2 aromatic rings. The van der Waals surface area contributed by atoms with Crippen LogP contribution in [0.25, 0.3) is 0 Å². The van der Waals surface area contributed by atoms with Crippen molar-refractivity contribution in [1.82, 2.24) is 14.9 Å². The molecule has 2 heterocycles. The first-order valence-corrected chi connectivity index (χ1v) is 8.94. The molecular weight excluding hydrogens is 330 g/mol. The van der Waals surface area contributed by atoms with E-state index in [1.807, 2.05) is 50.8 Å². The molecule has 1 aliphatic heterocycles. The Morgan fingerprint density at radius 3 is 2.73 bits per heavy atom. The Morgan fingerprint density at radius 1 is 1.31 bits per heavy atom. The van der Waals surface area contributed by atoms with Gasteiger partial charge >= 0.3 is 0 Å². The van der Waals surface area contributed by atoms with Crippen LogP contribution in [0.5, 0.6) is 5.75 Å². The maximum Gasteiger partial charge on any atom is 0.261 e. The lowest BCUT2D eigenvalue weighted by molar-refractivity contribution is -0.134. The topological polar surface area (TPSA) is 67.5 Å². The van der Waals surface area contributed by atoms with Gasteiger partial charge in [0.1, 0.15) is 11.6 Å². The van der Waals surface area contributed by atoms with E-state index in [1.54, 1.807) is 7.11 Å². The summed E-state index contributed by atoms with van der Waals surface area (Å²) in [5.74, 6) is 1.52. The third-order valence-corrected chi connectivity index (χ3v) is 5.07. The van der Waals surface area contributed by atoms with Crippen molar-refractivity contribution in [2.45, 2.75) is 46.3 Å². The fourth-order valence-corrected chi connectivity index (χ4v) is 3.32. The number of likely N-dealkylation sites (tertiary alicyclic amines) is 1. The molecule has 1 aromatic heterocycles. The molecule has 0 radical (unpaired) electrons. The van der Waals surface area contributed by atoms with Crippen molar-refractivity contribution in [3.8, 4) is 5.75 Å². The number of carbonyl (C=O) groups excluding carboxylic acids is 1. The number of carbonyl (C=O) groups is 1. The van der Waals surface area contributed by atoms with E-state index in [0.717, 1.165) is 40.5 Å². The minimum absolute atomic E-state index is 0.00960. The largest absolute Gasteiger partial charge is 0.483 e. The number of imidazole rings is 1. The lowest BCUT2D eigenvalue weighted by atomic mass is 10.1. The summed E-state index contributed by atoms with van der Waals surface area (Å²) in [7, 11) is 1.68. The first-order chi connectivity index (χ1) is 12.4. The molecule has 0 unspecified atom stereocenters. The molecule has 0 spiro atoms. The molecule has 3 rings (SSSR count). The minimum Gasteiger partial charge on any atom is -0.483 e. The summed E-state index contributed by atoms with van der Waals surface area (Å²) in [6.07, 6.45) is 0.744. The summed E-state index contributed by atoms with van der Waals surface area (Å²) in [4.78, 5) is 22.6. The first-order valence-electron chi connectivity index (χ1n) is 8.94. The number of nitrogens with one attached hydrogen (secondary N) is 1. The molecule has 1 aliphatic rings. The number of hydrogen-bond acceptors (Lipinski definition) is 4. The normalized spacial score (nSPS) is 19.8. The second-order valence-corrected chi connectivity index (χ2v) is 7.05. The molecule has 1 fully saturated rings. The summed E-state index contributed by atoms with van der Waals surface area (Å²) in [5, 5.41) is 0. The number of ether oxygens (including phenoxy) is 2. The van der Waals surface area contributed by atoms with Gasteiger partial charge in [0, 0.05) is 25.8 Å². The number of H-pyrrole nitrogens is 1. The summed E-state index contributed by atoms with van der Waals surface area (Å²) in [6.45, 7) is 8.51. The van der Waals surface area contributed by atoms with Crippen LogP contribution in [0.15, 0.2) is 18.2 Å². The van der Waals surface area contributed by atoms with Gasteiger partial charge in [0.05, 0.1) is 17.8 Å². The van der Waals surface area contributed by atoms with E-state index in [2.05, 4.69) is 9.97 Å². The van der Waals surface area contributed by atoms with Gasteiger partial charge in [-0.1, -0.05) is 12.1 Å². The van der Waals surface area contributed by atoms with Crippen molar-refractivity contribution in [3.63, 3.8) is 0 Å². The van der Waals surface area contributed by atoms with Crippen molar-refractivity contribution in [1.29, 1.82) is 0 Å². The maximum atomic E-state index is 12.9. The number of aromatic nitrogens is 2. The van der Waals surface area contributed by atoms with Gasteiger partial charge in [-0.05, 0) is 44.9 Å². The molecule has 1 saturated heterocycles. The highest BCUT2D eigenvalue weighted by Gasteiger charge is 2.38. The maximum absolute atomic E-state index is 12.9. The number of methoxy groups -OCH3 is 1. The Balaban J connectivity index is 1.74. The smallest absolute Gasteiger partial charge is 0.261 e. The highest BCUT2D eigenvalue weighted by atomic mass is 16.5. The highest BCUT2D eigenvalue weighted by molar-refractivity contribution is 5.78. The standard InChI is InChI=1S/C20H27N3O3/c1-12-6-7-13(2)18(8-12)26-11-19(24)23-10-16(25-5)9-17(23)20-21-14(3)15(4)22-20/h6-8,16-17H,9-11H2,1-5H3,(H,21,22)/t16-,17+/m1/s1. The van der Waals surface area contributed by atoms with Crippen LogP contribution < -0.4 is 4.74 Å². The lowest BCUT2D eigenvalue weighted by Crippen LogP contribution is -2.36. The van der Waals surface area contributed by atoms with Crippen molar-refractivity contribution in [3.05, 3.63) is 46.5 Å². The van der Waals surface area contributed by atoms with Gasteiger partial charge in [0.25, 0.3) is 5.91 Å². The number of aromatic amines is 1. The second kappa shape index (κ2) is 7.50. The zero-order valence-corrected chi connectivity index (χ0v) is 16.1. The zero-order chi connectivity index (χ0) is 18.8. The van der Waals surface area contributed by atoms with Gasteiger partial charge in [0.2, 0.25) is 0 Å². The summed E-state index contributed by atoms with van der Waals surface area (Å²) < 4.78 is 11.3. The molecule has 0 saturated carbocycles. The van der Waals surface area contributed by atoms with E-state index < -0.39 is 0 Å². The minimum atomic E-state index is -0.109. The van der Waals surface area contributed by atoms with Gasteiger partial charge in [-0.15, -0.1) is 0 Å². The van der Waals surface area contributed by atoms with Gasteiger partial charge < -0.3 is 19.4 Å². The van der Waals surface area contributed by atoms with E-state index in [0.29, 0.717) is 6.54 Å². The lowest BCUT2D eigenvalue weighted by Gasteiger charge is -2.23. The van der Waals surface area contributed by atoms with Crippen LogP contribution in [-0.2, 0) is 9.53 Å². The molecule has 1 amide bonds. The number of amides is 1. The zero-order valence-electron chi connectivity index (χ0n) is 16.1. The average Bonchev–Trinajstić information content (AvgIpc) is 3.19. The van der Waals surface area contributed by atoms with Gasteiger partial charge in [0.15, 0.2) is 6.61 Å². The fraction of sp³-hybridized carbons (Fsp3) is 0.500. The van der Waals surface area contributed by atoms with Crippen LogP contribution in [0.3, 0.4) is 0 Å². The van der Waals surface area contributed by atoms with Gasteiger partial charge in [-0.25, -0.2) is 4.98 Å². The molecule has 1 aromatic carbocycles. The van der Waals surface area contributed by atoms with Crippen LogP contribution >= 0.6 is 0 Å². The number of benzene rings is 1. The van der Waals surface area contributed by atoms with Crippen molar-refractivity contribution in [2.75, 3.05) is 20.3 Å². The monoisotopic (exact) mass is 357 g/mol. The number of nitrogens with zero attached hydrogens (tertiary/aromatic N) is 2. The van der Waals surface area contributed by atoms with Gasteiger partial charge in [-0.2, -0.15) is 0 Å².